The van der Waals surface area contributed by atoms with Crippen LogP contribution in [0, 0.1) is 5.92 Å². The number of carbonyl (C=O) groups is 2. The summed E-state index contributed by atoms with van der Waals surface area (Å²) in [4.78, 5) is 22.0. The molecule has 21 heavy (non-hydrogen) atoms. The van der Waals surface area contributed by atoms with E-state index in [4.69, 9.17) is 5.11 Å². The minimum absolute atomic E-state index is 0.0414. The fourth-order valence-electron chi connectivity index (χ4n) is 2.11. The molecular formula is C14H15NO5S. The molecule has 1 aromatic carbocycles. The van der Waals surface area contributed by atoms with Gasteiger partial charge in [0, 0.05) is 11.6 Å². The van der Waals surface area contributed by atoms with Crippen molar-refractivity contribution < 1.29 is 23.1 Å². The molecule has 112 valence electrons. The molecule has 0 fully saturated rings. The number of rotatable bonds is 5. The molecule has 6 nitrogen and oxygen atoms in total. The average Bonchev–Trinajstić information content (AvgIpc) is 2.87. The van der Waals surface area contributed by atoms with E-state index in [1.54, 1.807) is 6.08 Å². The Morgan fingerprint density at radius 3 is 2.29 bits per heavy atom. The molecule has 2 N–H and O–H groups in total. The van der Waals surface area contributed by atoms with Crippen LogP contribution < -0.4 is 4.72 Å². The Kier molecular flexibility index (Phi) is 4.24. The molecule has 0 heterocycles. The lowest BCUT2D eigenvalue weighted by molar-refractivity contribution is -0.140. The number of benzene rings is 1. The molecule has 2 atom stereocenters. The van der Waals surface area contributed by atoms with Gasteiger partial charge in [-0.1, -0.05) is 24.3 Å². The van der Waals surface area contributed by atoms with E-state index in [1.165, 1.54) is 37.3 Å². The Morgan fingerprint density at radius 1 is 1.19 bits per heavy atom. The maximum Gasteiger partial charge on any atom is 0.310 e. The van der Waals surface area contributed by atoms with E-state index in [0.717, 1.165) is 0 Å². The number of hydrogen-bond acceptors (Lipinski definition) is 4. The quantitative estimate of drug-likeness (QED) is 0.628. The van der Waals surface area contributed by atoms with Gasteiger partial charge < -0.3 is 5.11 Å². The van der Waals surface area contributed by atoms with Crippen LogP contribution in [-0.2, 0) is 14.8 Å². The third kappa shape index (κ3) is 3.56. The zero-order valence-corrected chi connectivity index (χ0v) is 12.1. The Hall–Kier alpha value is -1.99. The van der Waals surface area contributed by atoms with Gasteiger partial charge in [0.25, 0.3) is 0 Å². The van der Waals surface area contributed by atoms with Crippen molar-refractivity contribution >= 4 is 21.8 Å². The lowest BCUT2D eigenvalue weighted by Gasteiger charge is -2.12. The smallest absolute Gasteiger partial charge is 0.310 e. The highest BCUT2D eigenvalue weighted by molar-refractivity contribution is 7.89. The number of ketones is 1. The molecule has 2 unspecified atom stereocenters. The molecule has 1 aromatic rings. The molecule has 0 saturated carbocycles. The summed E-state index contributed by atoms with van der Waals surface area (Å²) in [6.45, 7) is 1.40. The van der Waals surface area contributed by atoms with Crippen molar-refractivity contribution in [2.45, 2.75) is 24.3 Å². The van der Waals surface area contributed by atoms with Gasteiger partial charge in [0.15, 0.2) is 5.78 Å². The van der Waals surface area contributed by atoms with Crippen LogP contribution in [0.3, 0.4) is 0 Å². The van der Waals surface area contributed by atoms with Crippen molar-refractivity contribution in [2.75, 3.05) is 0 Å². The van der Waals surface area contributed by atoms with Crippen molar-refractivity contribution in [1.82, 2.24) is 4.72 Å². The molecule has 0 aromatic heterocycles. The Balaban J connectivity index is 2.11. The number of Topliss-reactive ketones (excluding diaryl/α,β-unsaturated/α-hetero) is 1. The average molecular weight is 309 g/mol. The van der Waals surface area contributed by atoms with Crippen LogP contribution in [0.5, 0.6) is 0 Å². The van der Waals surface area contributed by atoms with Crippen LogP contribution in [0.15, 0.2) is 41.3 Å². The van der Waals surface area contributed by atoms with Crippen molar-refractivity contribution in [3.63, 3.8) is 0 Å². The van der Waals surface area contributed by atoms with Crippen LogP contribution in [0.4, 0.5) is 0 Å². The van der Waals surface area contributed by atoms with E-state index in [-0.39, 0.29) is 17.1 Å². The second-order valence-electron chi connectivity index (χ2n) is 4.87. The highest BCUT2D eigenvalue weighted by Crippen LogP contribution is 2.20. The van der Waals surface area contributed by atoms with E-state index < -0.39 is 28.0 Å². The molecule has 0 bridgehead atoms. The number of aliphatic carboxylic acids is 1. The summed E-state index contributed by atoms with van der Waals surface area (Å²) < 4.78 is 26.8. The van der Waals surface area contributed by atoms with E-state index in [1.807, 2.05) is 0 Å². The molecule has 2 rings (SSSR count). The summed E-state index contributed by atoms with van der Waals surface area (Å²) in [5.41, 5.74) is 0.431. The summed E-state index contributed by atoms with van der Waals surface area (Å²) in [7, 11) is -3.74. The predicted octanol–water partition coefficient (Wildman–Crippen LogP) is 1.20. The second-order valence-corrected chi connectivity index (χ2v) is 6.59. The molecule has 1 aliphatic rings. The molecular weight excluding hydrogens is 294 g/mol. The van der Waals surface area contributed by atoms with Gasteiger partial charge in [0.05, 0.1) is 10.8 Å². The van der Waals surface area contributed by atoms with Crippen LogP contribution in [-0.4, -0.2) is 31.3 Å². The van der Waals surface area contributed by atoms with Gasteiger partial charge in [-0.25, -0.2) is 13.1 Å². The number of hydrogen-bond donors (Lipinski definition) is 2. The topological polar surface area (TPSA) is 101 Å². The van der Waals surface area contributed by atoms with E-state index >= 15 is 0 Å². The van der Waals surface area contributed by atoms with Gasteiger partial charge in [-0.15, -0.1) is 0 Å². The van der Waals surface area contributed by atoms with Gasteiger partial charge in [0.1, 0.15) is 0 Å². The first-order valence-corrected chi connectivity index (χ1v) is 7.82. The molecule has 0 aliphatic heterocycles. The molecule has 7 heteroatoms. The number of nitrogens with one attached hydrogen (secondary N) is 1. The fourth-order valence-corrected chi connectivity index (χ4v) is 3.31. The minimum atomic E-state index is -3.74. The molecule has 0 saturated heterocycles. The monoisotopic (exact) mass is 309 g/mol. The standard InChI is InChI=1S/C14H15NO5S/c1-9(16)10-3-6-13(7-4-10)21(19,20)15-12-5-2-11(8-12)14(17)18/h2-7,11-12,15H,8H2,1H3,(H,17,18). The minimum Gasteiger partial charge on any atom is -0.481 e. The highest BCUT2D eigenvalue weighted by Gasteiger charge is 2.28. The number of carboxylic acid groups (broad SMARTS) is 1. The van der Waals surface area contributed by atoms with Gasteiger partial charge in [0.2, 0.25) is 10.0 Å². The van der Waals surface area contributed by atoms with Crippen LogP contribution in [0.1, 0.15) is 23.7 Å². The van der Waals surface area contributed by atoms with Crippen LogP contribution >= 0.6 is 0 Å². The molecule has 0 spiro atoms. The van der Waals surface area contributed by atoms with Gasteiger partial charge in [-0.2, -0.15) is 0 Å². The van der Waals surface area contributed by atoms with Crippen molar-refractivity contribution in [2.24, 2.45) is 5.92 Å². The number of sulfonamides is 1. The Morgan fingerprint density at radius 2 is 1.81 bits per heavy atom. The lowest BCUT2D eigenvalue weighted by atomic mass is 10.1. The summed E-state index contributed by atoms with van der Waals surface area (Å²) in [5.74, 6) is -1.79. The molecule has 0 amide bonds. The molecule has 0 radical (unpaired) electrons. The third-order valence-electron chi connectivity index (χ3n) is 3.28. The summed E-state index contributed by atoms with van der Waals surface area (Å²) in [5, 5.41) is 8.87. The van der Waals surface area contributed by atoms with Gasteiger partial charge >= 0.3 is 5.97 Å². The van der Waals surface area contributed by atoms with Gasteiger partial charge in [-0.3, -0.25) is 9.59 Å². The number of carboxylic acids is 1. The van der Waals surface area contributed by atoms with Gasteiger partial charge in [-0.05, 0) is 25.5 Å². The van der Waals surface area contributed by atoms with Crippen molar-refractivity contribution in [3.05, 3.63) is 42.0 Å². The predicted molar refractivity (Wildman–Crippen MR) is 75.4 cm³/mol. The zero-order valence-electron chi connectivity index (χ0n) is 11.3. The van der Waals surface area contributed by atoms with E-state index in [9.17, 15) is 18.0 Å². The SMILES string of the molecule is CC(=O)c1ccc(S(=O)(=O)NC2C=CC(C(=O)O)C2)cc1. The first-order valence-electron chi connectivity index (χ1n) is 6.34. The van der Waals surface area contributed by atoms with E-state index in [0.29, 0.717) is 5.56 Å². The van der Waals surface area contributed by atoms with Crippen molar-refractivity contribution in [1.29, 1.82) is 0 Å². The fraction of sp³-hybridized carbons (Fsp3) is 0.286. The first-order chi connectivity index (χ1) is 9.79. The first kappa shape index (κ1) is 15.4. The largest absolute Gasteiger partial charge is 0.481 e. The highest BCUT2D eigenvalue weighted by atomic mass is 32.2. The van der Waals surface area contributed by atoms with Crippen LogP contribution in [0.2, 0.25) is 0 Å². The maximum atomic E-state index is 12.2. The van der Waals surface area contributed by atoms with E-state index in [2.05, 4.69) is 4.72 Å². The lowest BCUT2D eigenvalue weighted by Crippen LogP contribution is -2.33. The zero-order chi connectivity index (χ0) is 15.6. The normalized spacial score (nSPS) is 21.4. The summed E-state index contributed by atoms with van der Waals surface area (Å²) >= 11 is 0. The summed E-state index contributed by atoms with van der Waals surface area (Å²) in [6, 6.07) is 5.06. The third-order valence-corrected chi connectivity index (χ3v) is 4.78. The number of carbonyl (C=O) groups excluding carboxylic acids is 1. The second kappa shape index (κ2) is 5.79. The Labute approximate surface area is 122 Å². The summed E-state index contributed by atoms with van der Waals surface area (Å²) in [6.07, 6.45) is 3.22. The van der Waals surface area contributed by atoms with Crippen molar-refractivity contribution in [3.8, 4) is 0 Å². The maximum absolute atomic E-state index is 12.2. The van der Waals surface area contributed by atoms with Crippen LogP contribution in [0.25, 0.3) is 0 Å². The Bertz CT molecular complexity index is 691. The molecule has 1 aliphatic carbocycles.